The lowest BCUT2D eigenvalue weighted by Gasteiger charge is -2.28. The van der Waals surface area contributed by atoms with Gasteiger partial charge in [0.05, 0.1) is 6.04 Å². The number of nitrogens with one attached hydrogen (secondary N) is 1. The van der Waals surface area contributed by atoms with Crippen molar-refractivity contribution in [3.8, 4) is 0 Å². The molecule has 0 aromatic heterocycles. The maximum atomic E-state index is 12.7. The fourth-order valence-corrected chi connectivity index (χ4v) is 4.11. The molecular weight excluding hydrogens is 368 g/mol. The first kappa shape index (κ1) is 20.4. The fraction of sp³-hybridized carbons (Fsp3) is 0.296. The summed E-state index contributed by atoms with van der Waals surface area (Å²) in [5.41, 5.74) is 8.50. The Morgan fingerprint density at radius 1 is 0.967 bits per heavy atom. The number of aryl methyl sites for hydroxylation is 2. The molecule has 1 atom stereocenters. The summed E-state index contributed by atoms with van der Waals surface area (Å²) in [6, 6.07) is 23.1. The second-order valence-corrected chi connectivity index (χ2v) is 8.47. The molecule has 1 N–H and O–H groups in total. The molecular formula is C27H30N2O. The van der Waals surface area contributed by atoms with E-state index in [0.29, 0.717) is 5.56 Å². The van der Waals surface area contributed by atoms with Gasteiger partial charge in [0, 0.05) is 25.2 Å². The van der Waals surface area contributed by atoms with Gasteiger partial charge < -0.3 is 5.32 Å². The van der Waals surface area contributed by atoms with E-state index < -0.39 is 0 Å². The lowest BCUT2D eigenvalue weighted by Crippen LogP contribution is -2.30. The van der Waals surface area contributed by atoms with E-state index in [1.165, 1.54) is 27.8 Å². The molecule has 154 valence electrons. The summed E-state index contributed by atoms with van der Waals surface area (Å²) in [6.07, 6.45) is 1.10. The van der Waals surface area contributed by atoms with E-state index >= 15 is 0 Å². The standard InChI is InChI=1S/C27H30N2O/c1-19-8-11-25(16-20(19)2)21(3)28-27(30)24-12-9-22(10-13-24)17-29-15-14-23-6-4-5-7-26(23)18-29/h4-13,16,21H,14-15,17-18H2,1-3H3,(H,28,30)/t21-/m0/s1. The second kappa shape index (κ2) is 8.85. The number of fused-ring (bicyclic) bond motifs is 1. The highest BCUT2D eigenvalue weighted by atomic mass is 16.1. The van der Waals surface area contributed by atoms with Gasteiger partial charge in [0.1, 0.15) is 0 Å². The summed E-state index contributed by atoms with van der Waals surface area (Å²) < 4.78 is 0. The number of amides is 1. The van der Waals surface area contributed by atoms with E-state index in [4.69, 9.17) is 0 Å². The first-order chi connectivity index (χ1) is 14.5. The molecule has 0 saturated heterocycles. The Morgan fingerprint density at radius 2 is 1.70 bits per heavy atom. The Balaban J connectivity index is 1.36. The zero-order valence-corrected chi connectivity index (χ0v) is 18.1. The highest BCUT2D eigenvalue weighted by molar-refractivity contribution is 5.94. The number of benzene rings is 3. The predicted octanol–water partition coefficient (Wildman–Crippen LogP) is 5.35. The molecule has 0 aliphatic carbocycles. The van der Waals surface area contributed by atoms with Crippen molar-refractivity contribution in [2.24, 2.45) is 0 Å². The molecule has 3 nitrogen and oxygen atoms in total. The third kappa shape index (κ3) is 4.63. The van der Waals surface area contributed by atoms with Crippen LogP contribution < -0.4 is 5.32 Å². The first-order valence-electron chi connectivity index (χ1n) is 10.8. The van der Waals surface area contributed by atoms with Crippen LogP contribution in [-0.2, 0) is 19.5 Å². The lowest BCUT2D eigenvalue weighted by molar-refractivity contribution is 0.0940. The van der Waals surface area contributed by atoms with Crippen LogP contribution in [0.2, 0.25) is 0 Å². The summed E-state index contributed by atoms with van der Waals surface area (Å²) in [4.78, 5) is 15.2. The molecule has 0 unspecified atom stereocenters. The summed E-state index contributed by atoms with van der Waals surface area (Å²) in [5, 5.41) is 3.12. The molecule has 1 aliphatic heterocycles. The zero-order chi connectivity index (χ0) is 21.1. The smallest absolute Gasteiger partial charge is 0.251 e. The van der Waals surface area contributed by atoms with Crippen molar-refractivity contribution in [2.45, 2.75) is 46.3 Å². The minimum absolute atomic E-state index is 0.0232. The van der Waals surface area contributed by atoms with Crippen LogP contribution in [0.5, 0.6) is 0 Å². The normalized spacial score (nSPS) is 14.8. The molecule has 0 bridgehead atoms. The van der Waals surface area contributed by atoms with Gasteiger partial charge in [-0.3, -0.25) is 9.69 Å². The van der Waals surface area contributed by atoms with Crippen LogP contribution in [0.25, 0.3) is 0 Å². The molecule has 1 aliphatic rings. The average molecular weight is 399 g/mol. The highest BCUT2D eigenvalue weighted by Crippen LogP contribution is 2.21. The van der Waals surface area contributed by atoms with Gasteiger partial charge in [0.2, 0.25) is 0 Å². The minimum Gasteiger partial charge on any atom is -0.346 e. The Morgan fingerprint density at radius 3 is 2.43 bits per heavy atom. The quantitative estimate of drug-likeness (QED) is 0.628. The Hall–Kier alpha value is -2.91. The Labute approximate surface area is 179 Å². The molecule has 0 spiro atoms. The highest BCUT2D eigenvalue weighted by Gasteiger charge is 2.16. The van der Waals surface area contributed by atoms with Gasteiger partial charge in [-0.2, -0.15) is 0 Å². The monoisotopic (exact) mass is 398 g/mol. The summed E-state index contributed by atoms with van der Waals surface area (Å²) in [5.74, 6) is -0.0285. The van der Waals surface area contributed by atoms with E-state index in [1.807, 2.05) is 19.1 Å². The van der Waals surface area contributed by atoms with Gasteiger partial charge in [-0.1, -0.05) is 54.6 Å². The zero-order valence-electron chi connectivity index (χ0n) is 18.1. The molecule has 3 aromatic carbocycles. The van der Waals surface area contributed by atoms with Gasteiger partial charge in [0.25, 0.3) is 5.91 Å². The molecule has 3 heteroatoms. The molecule has 0 saturated carbocycles. The van der Waals surface area contributed by atoms with Crippen molar-refractivity contribution in [1.82, 2.24) is 10.2 Å². The van der Waals surface area contributed by atoms with Crippen LogP contribution in [0.4, 0.5) is 0 Å². The molecule has 0 fully saturated rings. The maximum absolute atomic E-state index is 12.7. The number of hydrogen-bond donors (Lipinski definition) is 1. The Bertz CT molecular complexity index is 1040. The molecule has 0 radical (unpaired) electrons. The van der Waals surface area contributed by atoms with Crippen molar-refractivity contribution >= 4 is 5.91 Å². The van der Waals surface area contributed by atoms with Crippen molar-refractivity contribution < 1.29 is 4.79 Å². The Kier molecular flexibility index (Phi) is 6.01. The van der Waals surface area contributed by atoms with Crippen molar-refractivity contribution in [2.75, 3.05) is 6.54 Å². The van der Waals surface area contributed by atoms with Gasteiger partial charge >= 0.3 is 0 Å². The number of nitrogens with zero attached hydrogens (tertiary/aromatic N) is 1. The van der Waals surface area contributed by atoms with Gasteiger partial charge in [-0.05, 0) is 72.7 Å². The molecule has 3 aromatic rings. The lowest BCUT2D eigenvalue weighted by atomic mass is 9.99. The van der Waals surface area contributed by atoms with Crippen LogP contribution in [0.3, 0.4) is 0 Å². The average Bonchev–Trinajstić information content (AvgIpc) is 2.76. The van der Waals surface area contributed by atoms with Gasteiger partial charge in [-0.15, -0.1) is 0 Å². The number of rotatable bonds is 5. The summed E-state index contributed by atoms with van der Waals surface area (Å²) >= 11 is 0. The van der Waals surface area contributed by atoms with E-state index in [-0.39, 0.29) is 11.9 Å². The first-order valence-corrected chi connectivity index (χ1v) is 10.8. The van der Waals surface area contributed by atoms with Crippen molar-refractivity contribution in [3.05, 3.63) is 106 Å². The molecule has 30 heavy (non-hydrogen) atoms. The van der Waals surface area contributed by atoms with Crippen molar-refractivity contribution in [1.29, 1.82) is 0 Å². The number of carbonyl (C=O) groups is 1. The van der Waals surface area contributed by atoms with Crippen LogP contribution in [0.15, 0.2) is 66.7 Å². The van der Waals surface area contributed by atoms with Gasteiger partial charge in [0.15, 0.2) is 0 Å². The van der Waals surface area contributed by atoms with Crippen LogP contribution in [0.1, 0.15) is 56.7 Å². The molecule has 4 rings (SSSR count). The summed E-state index contributed by atoms with van der Waals surface area (Å²) in [7, 11) is 0. The van der Waals surface area contributed by atoms with E-state index in [0.717, 1.165) is 31.6 Å². The largest absolute Gasteiger partial charge is 0.346 e. The minimum atomic E-state index is -0.0285. The molecule has 1 amide bonds. The third-order valence-electron chi connectivity index (χ3n) is 6.21. The predicted molar refractivity (Wildman–Crippen MR) is 122 cm³/mol. The summed E-state index contributed by atoms with van der Waals surface area (Å²) in [6.45, 7) is 9.22. The van der Waals surface area contributed by atoms with Crippen LogP contribution in [0, 0.1) is 13.8 Å². The van der Waals surface area contributed by atoms with Crippen molar-refractivity contribution in [3.63, 3.8) is 0 Å². The SMILES string of the molecule is Cc1ccc([C@H](C)NC(=O)c2ccc(CN3CCc4ccccc4C3)cc2)cc1C. The molecule has 1 heterocycles. The van der Waals surface area contributed by atoms with Crippen LogP contribution in [-0.4, -0.2) is 17.4 Å². The van der Waals surface area contributed by atoms with E-state index in [1.54, 1.807) is 0 Å². The number of carbonyl (C=O) groups excluding carboxylic acids is 1. The fourth-order valence-electron chi connectivity index (χ4n) is 4.11. The van der Waals surface area contributed by atoms with E-state index in [9.17, 15) is 4.79 Å². The van der Waals surface area contributed by atoms with Gasteiger partial charge in [-0.25, -0.2) is 0 Å². The maximum Gasteiger partial charge on any atom is 0.251 e. The third-order valence-corrected chi connectivity index (χ3v) is 6.21. The topological polar surface area (TPSA) is 32.3 Å². The van der Waals surface area contributed by atoms with E-state index in [2.05, 4.69) is 78.7 Å². The number of hydrogen-bond acceptors (Lipinski definition) is 2. The van der Waals surface area contributed by atoms with Crippen LogP contribution >= 0.6 is 0 Å². The second-order valence-electron chi connectivity index (χ2n) is 8.47.